The lowest BCUT2D eigenvalue weighted by atomic mass is 9.82. The second kappa shape index (κ2) is 7.07. The third-order valence-electron chi connectivity index (χ3n) is 3.50. The molecule has 0 spiro atoms. The van der Waals surface area contributed by atoms with Gasteiger partial charge in [0.15, 0.2) is 0 Å². The summed E-state index contributed by atoms with van der Waals surface area (Å²) in [6, 6.07) is -0.622. The fourth-order valence-corrected chi connectivity index (χ4v) is 1.12. The van der Waals surface area contributed by atoms with Crippen LogP contribution in [0.25, 0.3) is 0 Å². The monoisotopic (exact) mass is 284 g/mol. The standard InChI is InChI=1S/C14H24N2O4/c1-8(14(4,5)6)7-15-13(20)16-11(17)9(2)10(3)12(18)19/h8H,7H2,1-6H3,(H,18,19)(H2,15,16,17,20). The normalized spacial score (nSPS) is 14.1. The van der Waals surface area contributed by atoms with Gasteiger partial charge in [-0.1, -0.05) is 27.7 Å². The minimum absolute atomic E-state index is 0.0107. The predicted molar refractivity (Wildman–Crippen MR) is 76.2 cm³/mol. The molecule has 1 unspecified atom stereocenters. The Morgan fingerprint density at radius 3 is 2.00 bits per heavy atom. The zero-order valence-electron chi connectivity index (χ0n) is 13.0. The summed E-state index contributed by atoms with van der Waals surface area (Å²) in [6.45, 7) is 11.3. The molecule has 0 aromatic carbocycles. The van der Waals surface area contributed by atoms with Gasteiger partial charge < -0.3 is 10.4 Å². The van der Waals surface area contributed by atoms with Gasteiger partial charge in [-0.3, -0.25) is 10.1 Å². The Hall–Kier alpha value is -1.85. The molecule has 0 heterocycles. The molecule has 0 radical (unpaired) electrons. The molecule has 0 aromatic heterocycles. The molecular formula is C14H24N2O4. The molecule has 3 amide bonds. The number of carboxylic acid groups (broad SMARTS) is 1. The van der Waals surface area contributed by atoms with E-state index < -0.39 is 17.9 Å². The van der Waals surface area contributed by atoms with E-state index in [9.17, 15) is 14.4 Å². The minimum Gasteiger partial charge on any atom is -0.478 e. The summed E-state index contributed by atoms with van der Waals surface area (Å²) in [6.07, 6.45) is 0. The van der Waals surface area contributed by atoms with Gasteiger partial charge >= 0.3 is 12.0 Å². The maximum Gasteiger partial charge on any atom is 0.331 e. The van der Waals surface area contributed by atoms with Crippen LogP contribution in [0.3, 0.4) is 0 Å². The lowest BCUT2D eigenvalue weighted by Crippen LogP contribution is -2.43. The van der Waals surface area contributed by atoms with Gasteiger partial charge in [0, 0.05) is 17.7 Å². The Labute approximate surface area is 119 Å². The number of aliphatic carboxylic acids is 1. The molecule has 6 heteroatoms. The Bertz CT molecular complexity index is 433. The molecule has 0 rings (SSSR count). The number of carbonyl (C=O) groups is 3. The van der Waals surface area contributed by atoms with Crippen molar-refractivity contribution in [2.24, 2.45) is 11.3 Å². The summed E-state index contributed by atoms with van der Waals surface area (Å²) in [5, 5.41) is 13.5. The molecule has 0 aliphatic heterocycles. The van der Waals surface area contributed by atoms with Gasteiger partial charge in [0.25, 0.3) is 5.91 Å². The van der Waals surface area contributed by atoms with Crippen LogP contribution in [0.5, 0.6) is 0 Å². The van der Waals surface area contributed by atoms with E-state index in [1.807, 2.05) is 6.92 Å². The average molecular weight is 284 g/mol. The van der Waals surface area contributed by atoms with Crippen LogP contribution in [-0.2, 0) is 9.59 Å². The summed E-state index contributed by atoms with van der Waals surface area (Å²) >= 11 is 0. The molecule has 0 saturated heterocycles. The molecule has 0 fully saturated rings. The van der Waals surface area contributed by atoms with E-state index in [0.717, 1.165) is 0 Å². The van der Waals surface area contributed by atoms with Crippen molar-refractivity contribution < 1.29 is 19.5 Å². The van der Waals surface area contributed by atoms with Gasteiger partial charge in [0.1, 0.15) is 0 Å². The van der Waals surface area contributed by atoms with Crippen LogP contribution in [-0.4, -0.2) is 29.6 Å². The van der Waals surface area contributed by atoms with Crippen molar-refractivity contribution in [3.63, 3.8) is 0 Å². The van der Waals surface area contributed by atoms with Crippen molar-refractivity contribution in [2.45, 2.75) is 41.5 Å². The van der Waals surface area contributed by atoms with E-state index in [1.54, 1.807) is 0 Å². The highest BCUT2D eigenvalue weighted by Gasteiger charge is 2.21. The van der Waals surface area contributed by atoms with Crippen LogP contribution >= 0.6 is 0 Å². The second-order valence-corrected chi connectivity index (χ2v) is 5.99. The Balaban J connectivity index is 4.47. The molecule has 114 valence electrons. The van der Waals surface area contributed by atoms with Gasteiger partial charge in [-0.25, -0.2) is 9.59 Å². The van der Waals surface area contributed by atoms with Crippen LogP contribution in [0.4, 0.5) is 4.79 Å². The first-order chi connectivity index (χ1) is 8.96. The van der Waals surface area contributed by atoms with Gasteiger partial charge in [0.05, 0.1) is 0 Å². The van der Waals surface area contributed by atoms with E-state index >= 15 is 0 Å². The van der Waals surface area contributed by atoms with E-state index in [0.29, 0.717) is 6.54 Å². The quantitative estimate of drug-likeness (QED) is 0.687. The minimum atomic E-state index is -1.18. The number of carbonyl (C=O) groups excluding carboxylic acids is 2. The second-order valence-electron chi connectivity index (χ2n) is 5.99. The van der Waals surface area contributed by atoms with E-state index in [4.69, 9.17) is 5.11 Å². The molecule has 20 heavy (non-hydrogen) atoms. The smallest absolute Gasteiger partial charge is 0.331 e. The first-order valence-corrected chi connectivity index (χ1v) is 6.46. The van der Waals surface area contributed by atoms with Crippen LogP contribution in [0.2, 0.25) is 0 Å². The zero-order chi connectivity index (χ0) is 16.1. The highest BCUT2D eigenvalue weighted by molar-refractivity contribution is 6.07. The van der Waals surface area contributed by atoms with Gasteiger partial charge in [-0.2, -0.15) is 0 Å². The van der Waals surface area contributed by atoms with E-state index in [-0.39, 0.29) is 22.5 Å². The van der Waals surface area contributed by atoms with Crippen molar-refractivity contribution in [3.8, 4) is 0 Å². The highest BCUT2D eigenvalue weighted by Crippen LogP contribution is 2.24. The van der Waals surface area contributed by atoms with E-state index in [2.05, 4.69) is 31.4 Å². The first kappa shape index (κ1) is 18.1. The van der Waals surface area contributed by atoms with Crippen LogP contribution < -0.4 is 10.6 Å². The van der Waals surface area contributed by atoms with Crippen molar-refractivity contribution in [1.29, 1.82) is 0 Å². The van der Waals surface area contributed by atoms with Gasteiger partial charge in [-0.15, -0.1) is 0 Å². The molecule has 3 N–H and O–H groups in total. The number of amides is 3. The van der Waals surface area contributed by atoms with Crippen LogP contribution in [0.15, 0.2) is 11.1 Å². The first-order valence-electron chi connectivity index (χ1n) is 6.46. The third kappa shape index (κ3) is 5.86. The van der Waals surface area contributed by atoms with Gasteiger partial charge in [0.2, 0.25) is 0 Å². The van der Waals surface area contributed by atoms with Crippen molar-refractivity contribution in [3.05, 3.63) is 11.1 Å². The largest absolute Gasteiger partial charge is 0.478 e. The van der Waals surface area contributed by atoms with Crippen molar-refractivity contribution in [2.75, 3.05) is 6.54 Å². The summed E-state index contributed by atoms with van der Waals surface area (Å²) in [5.74, 6) is -1.65. The van der Waals surface area contributed by atoms with Crippen molar-refractivity contribution >= 4 is 17.9 Å². The maximum atomic E-state index is 11.6. The molecular weight excluding hydrogens is 260 g/mol. The van der Waals surface area contributed by atoms with Crippen LogP contribution in [0.1, 0.15) is 41.5 Å². The molecule has 0 aliphatic carbocycles. The Morgan fingerprint density at radius 2 is 1.60 bits per heavy atom. The number of rotatable bonds is 4. The number of hydrogen-bond donors (Lipinski definition) is 3. The topological polar surface area (TPSA) is 95.5 Å². The van der Waals surface area contributed by atoms with Crippen LogP contribution in [0, 0.1) is 11.3 Å². The lowest BCUT2D eigenvalue weighted by Gasteiger charge is -2.27. The molecule has 0 aliphatic rings. The molecule has 6 nitrogen and oxygen atoms in total. The zero-order valence-corrected chi connectivity index (χ0v) is 13.0. The van der Waals surface area contributed by atoms with Gasteiger partial charge in [-0.05, 0) is 25.2 Å². The number of carboxylic acids is 1. The Kier molecular flexibility index (Phi) is 6.42. The summed E-state index contributed by atoms with van der Waals surface area (Å²) < 4.78 is 0. The summed E-state index contributed by atoms with van der Waals surface area (Å²) in [7, 11) is 0. The Morgan fingerprint density at radius 1 is 1.10 bits per heavy atom. The number of nitrogens with one attached hydrogen (secondary N) is 2. The molecule has 0 bridgehead atoms. The highest BCUT2D eigenvalue weighted by atomic mass is 16.4. The third-order valence-corrected chi connectivity index (χ3v) is 3.50. The fourth-order valence-electron chi connectivity index (χ4n) is 1.12. The number of urea groups is 1. The number of hydrogen-bond acceptors (Lipinski definition) is 3. The lowest BCUT2D eigenvalue weighted by molar-refractivity contribution is -0.133. The molecule has 0 aromatic rings. The van der Waals surface area contributed by atoms with Crippen molar-refractivity contribution in [1.82, 2.24) is 10.6 Å². The summed E-state index contributed by atoms with van der Waals surface area (Å²) in [4.78, 5) is 33.9. The SMILES string of the molecule is CC(C(=O)O)=C(C)C(=O)NC(=O)NCC(C)C(C)(C)C. The predicted octanol–water partition coefficient (Wildman–Crippen LogP) is 1.92. The fraction of sp³-hybridized carbons (Fsp3) is 0.643. The summed E-state index contributed by atoms with van der Waals surface area (Å²) in [5.41, 5.74) is -0.0256. The average Bonchev–Trinajstić information content (AvgIpc) is 2.32. The molecule has 1 atom stereocenters. The molecule has 0 saturated carbocycles. The number of imide groups is 1. The maximum absolute atomic E-state index is 11.6. The van der Waals surface area contributed by atoms with E-state index in [1.165, 1.54) is 13.8 Å².